The molecule has 1 aromatic heterocycles. The van der Waals surface area contributed by atoms with Crippen molar-refractivity contribution in [3.63, 3.8) is 0 Å². The van der Waals surface area contributed by atoms with Gasteiger partial charge in [-0.15, -0.1) is 0 Å². The smallest absolute Gasteiger partial charge is 0.336 e. The molecule has 0 radical (unpaired) electrons. The molecule has 0 amide bonds. The van der Waals surface area contributed by atoms with Gasteiger partial charge in [0.05, 0.1) is 20.3 Å². The standard InChI is InChI=1S/C24H26O6/c1-13-5-8-17-15(7-9-19-24(17,2)30-19)16(13)12-28-22-18(26-3)11-14-6-10-20(25)29-21(14)23(22)27-4/h6,10-11,19H,5,7-9,12H2,1-4H3/t19-,24+/m0/s1. The van der Waals surface area contributed by atoms with Crippen LogP contribution in [0.3, 0.4) is 0 Å². The maximum atomic E-state index is 11.8. The summed E-state index contributed by atoms with van der Waals surface area (Å²) in [6, 6.07) is 4.87. The molecule has 0 N–H and O–H groups in total. The summed E-state index contributed by atoms with van der Waals surface area (Å²) in [4.78, 5) is 11.8. The van der Waals surface area contributed by atoms with E-state index in [1.807, 2.05) is 0 Å². The number of fused-ring (bicyclic) bond motifs is 3. The van der Waals surface area contributed by atoms with Gasteiger partial charge in [-0.25, -0.2) is 4.79 Å². The van der Waals surface area contributed by atoms with E-state index in [4.69, 9.17) is 23.4 Å². The molecule has 0 bridgehead atoms. The fourth-order valence-electron chi connectivity index (χ4n) is 5.01. The third kappa shape index (κ3) is 2.85. The Morgan fingerprint density at radius 2 is 1.97 bits per heavy atom. The lowest BCUT2D eigenvalue weighted by atomic mass is 9.74. The molecule has 6 heteroatoms. The van der Waals surface area contributed by atoms with E-state index in [0.29, 0.717) is 40.9 Å². The van der Waals surface area contributed by atoms with Crippen LogP contribution in [0.2, 0.25) is 0 Å². The van der Waals surface area contributed by atoms with E-state index < -0.39 is 5.63 Å². The number of hydrogen-bond donors (Lipinski definition) is 0. The zero-order valence-corrected chi connectivity index (χ0v) is 17.8. The highest BCUT2D eigenvalue weighted by Crippen LogP contribution is 2.55. The van der Waals surface area contributed by atoms with Crippen LogP contribution in [0.1, 0.15) is 39.5 Å². The van der Waals surface area contributed by atoms with E-state index in [1.165, 1.54) is 35.5 Å². The van der Waals surface area contributed by atoms with Crippen molar-refractivity contribution in [1.82, 2.24) is 0 Å². The van der Waals surface area contributed by atoms with Crippen molar-refractivity contribution in [3.8, 4) is 17.2 Å². The van der Waals surface area contributed by atoms with Crippen LogP contribution in [0, 0.1) is 0 Å². The zero-order chi connectivity index (χ0) is 21.0. The lowest BCUT2D eigenvalue weighted by molar-refractivity contribution is 0.293. The minimum Gasteiger partial charge on any atom is -0.493 e. The Balaban J connectivity index is 1.53. The summed E-state index contributed by atoms with van der Waals surface area (Å²) < 4.78 is 28.9. The number of ether oxygens (including phenoxy) is 4. The minimum absolute atomic E-state index is 0.0821. The lowest BCUT2D eigenvalue weighted by Gasteiger charge is -2.30. The van der Waals surface area contributed by atoms with Gasteiger partial charge in [0.15, 0.2) is 11.3 Å². The Hall–Kier alpha value is -2.73. The first-order chi connectivity index (χ1) is 14.5. The number of allylic oxidation sites excluding steroid dienone is 1. The third-order valence-corrected chi connectivity index (χ3v) is 6.77. The fourth-order valence-corrected chi connectivity index (χ4v) is 5.01. The highest BCUT2D eigenvalue weighted by Gasteiger charge is 2.57. The molecule has 6 nitrogen and oxygen atoms in total. The van der Waals surface area contributed by atoms with Crippen LogP contribution >= 0.6 is 0 Å². The van der Waals surface area contributed by atoms with E-state index >= 15 is 0 Å². The Kier molecular flexibility index (Phi) is 4.43. The van der Waals surface area contributed by atoms with Gasteiger partial charge < -0.3 is 23.4 Å². The summed E-state index contributed by atoms with van der Waals surface area (Å²) >= 11 is 0. The maximum absolute atomic E-state index is 11.8. The van der Waals surface area contributed by atoms with Gasteiger partial charge in [-0.05, 0) is 68.4 Å². The molecular weight excluding hydrogens is 384 g/mol. The largest absolute Gasteiger partial charge is 0.493 e. The molecule has 0 spiro atoms. The van der Waals surface area contributed by atoms with Gasteiger partial charge in [-0.3, -0.25) is 0 Å². The average Bonchev–Trinajstić information content (AvgIpc) is 3.43. The van der Waals surface area contributed by atoms with Gasteiger partial charge in [-0.1, -0.05) is 5.57 Å². The third-order valence-electron chi connectivity index (χ3n) is 6.77. The molecule has 1 aromatic carbocycles. The molecule has 2 aromatic rings. The summed E-state index contributed by atoms with van der Waals surface area (Å²) in [5, 5.41) is 0.714. The minimum atomic E-state index is -0.438. The summed E-state index contributed by atoms with van der Waals surface area (Å²) in [5.74, 6) is 1.35. The number of methoxy groups -OCH3 is 2. The van der Waals surface area contributed by atoms with Crippen LogP contribution in [0.5, 0.6) is 17.2 Å². The van der Waals surface area contributed by atoms with Crippen LogP contribution < -0.4 is 19.8 Å². The zero-order valence-electron chi connectivity index (χ0n) is 17.8. The fraction of sp³-hybridized carbons (Fsp3) is 0.458. The van der Waals surface area contributed by atoms with Crippen LogP contribution in [0.4, 0.5) is 0 Å². The molecule has 2 heterocycles. The summed E-state index contributed by atoms with van der Waals surface area (Å²) in [6.45, 7) is 4.79. The highest BCUT2D eigenvalue weighted by atomic mass is 16.6. The average molecular weight is 410 g/mol. The summed E-state index contributed by atoms with van der Waals surface area (Å²) in [5.41, 5.74) is 5.25. The van der Waals surface area contributed by atoms with Crippen molar-refractivity contribution in [1.29, 1.82) is 0 Å². The first kappa shape index (κ1) is 19.2. The van der Waals surface area contributed by atoms with Crippen LogP contribution in [0.15, 0.2) is 49.7 Å². The Morgan fingerprint density at radius 1 is 1.13 bits per heavy atom. The van der Waals surface area contributed by atoms with E-state index in [9.17, 15) is 4.79 Å². The van der Waals surface area contributed by atoms with Gasteiger partial charge >= 0.3 is 5.63 Å². The monoisotopic (exact) mass is 410 g/mol. The summed E-state index contributed by atoms with van der Waals surface area (Å²) in [6.07, 6.45) is 4.53. The predicted octanol–water partition coefficient (Wildman–Crippen LogP) is 4.55. The molecule has 1 aliphatic heterocycles. The SMILES string of the molecule is COc1cc2ccc(=O)oc2c(OC)c1OCC1=C(C)CCC2=C1CC[C@@H]1O[C@]21C. The molecule has 30 heavy (non-hydrogen) atoms. The van der Waals surface area contributed by atoms with Crippen molar-refractivity contribution >= 4 is 11.0 Å². The van der Waals surface area contributed by atoms with Gasteiger partial charge in [0.2, 0.25) is 11.5 Å². The maximum Gasteiger partial charge on any atom is 0.336 e. The number of benzene rings is 1. The Labute approximate surface area is 175 Å². The van der Waals surface area contributed by atoms with Gasteiger partial charge in [0.1, 0.15) is 12.2 Å². The lowest BCUT2D eigenvalue weighted by Crippen LogP contribution is -2.25. The van der Waals surface area contributed by atoms with E-state index in [-0.39, 0.29) is 5.60 Å². The van der Waals surface area contributed by atoms with Crippen molar-refractivity contribution in [2.75, 3.05) is 20.8 Å². The van der Waals surface area contributed by atoms with Crippen molar-refractivity contribution in [3.05, 3.63) is 50.9 Å². The molecular formula is C24H26O6. The van der Waals surface area contributed by atoms with Crippen molar-refractivity contribution < 1.29 is 23.4 Å². The number of hydrogen-bond acceptors (Lipinski definition) is 6. The first-order valence-electron chi connectivity index (χ1n) is 10.4. The van der Waals surface area contributed by atoms with Gasteiger partial charge in [-0.2, -0.15) is 0 Å². The van der Waals surface area contributed by atoms with E-state index in [0.717, 1.165) is 25.7 Å². The second-order valence-corrected chi connectivity index (χ2v) is 8.37. The molecule has 0 saturated carbocycles. The second kappa shape index (κ2) is 6.91. The van der Waals surface area contributed by atoms with E-state index in [1.54, 1.807) is 19.2 Å². The Morgan fingerprint density at radius 3 is 2.73 bits per heavy atom. The molecule has 158 valence electrons. The molecule has 0 unspecified atom stereocenters. The molecule has 3 aliphatic rings. The Bertz CT molecular complexity index is 1150. The molecule has 1 saturated heterocycles. The van der Waals surface area contributed by atoms with Crippen LogP contribution in [-0.4, -0.2) is 32.5 Å². The first-order valence-corrected chi connectivity index (χ1v) is 10.4. The van der Waals surface area contributed by atoms with Crippen LogP contribution in [-0.2, 0) is 4.74 Å². The quantitative estimate of drug-likeness (QED) is 0.532. The second-order valence-electron chi connectivity index (χ2n) is 8.37. The van der Waals surface area contributed by atoms with Crippen molar-refractivity contribution in [2.45, 2.75) is 51.2 Å². The van der Waals surface area contributed by atoms with Gasteiger partial charge in [0.25, 0.3) is 0 Å². The summed E-state index contributed by atoms with van der Waals surface area (Å²) in [7, 11) is 3.12. The number of rotatable bonds is 5. The molecule has 1 fully saturated rings. The molecule has 5 rings (SSSR count). The van der Waals surface area contributed by atoms with Gasteiger partial charge in [0, 0.05) is 11.5 Å². The highest BCUT2D eigenvalue weighted by molar-refractivity contribution is 5.88. The molecule has 2 atom stereocenters. The predicted molar refractivity (Wildman–Crippen MR) is 113 cm³/mol. The van der Waals surface area contributed by atoms with Crippen LogP contribution in [0.25, 0.3) is 11.0 Å². The number of epoxide rings is 1. The normalized spacial score (nSPS) is 25.1. The topological polar surface area (TPSA) is 70.4 Å². The van der Waals surface area contributed by atoms with E-state index in [2.05, 4.69) is 13.8 Å². The molecule has 2 aliphatic carbocycles. The van der Waals surface area contributed by atoms with Crippen molar-refractivity contribution in [2.24, 2.45) is 0 Å².